The molecule has 8 heteroatoms. The number of anilines is 2. The molecule has 2 aliphatic rings. The zero-order valence-electron chi connectivity index (χ0n) is 16.8. The Morgan fingerprint density at radius 2 is 1.83 bits per heavy atom. The van der Waals surface area contributed by atoms with Crippen LogP contribution in [-0.2, 0) is 0 Å². The van der Waals surface area contributed by atoms with Crippen LogP contribution >= 0.6 is 0 Å². The molecule has 0 saturated carbocycles. The van der Waals surface area contributed by atoms with Crippen LogP contribution < -0.4 is 19.9 Å². The second kappa shape index (κ2) is 8.98. The first-order valence-corrected chi connectivity index (χ1v) is 10.2. The molecule has 1 N–H and O–H groups in total. The van der Waals surface area contributed by atoms with Crippen LogP contribution in [0.4, 0.5) is 16.4 Å². The quantitative estimate of drug-likeness (QED) is 0.831. The van der Waals surface area contributed by atoms with Crippen LogP contribution in [0.25, 0.3) is 0 Å². The van der Waals surface area contributed by atoms with E-state index in [1.54, 1.807) is 19.5 Å². The van der Waals surface area contributed by atoms with Crippen molar-refractivity contribution in [1.82, 2.24) is 20.2 Å². The Hall–Kier alpha value is -3.03. The molecule has 0 radical (unpaired) electrons. The van der Waals surface area contributed by atoms with Gasteiger partial charge in [-0.2, -0.15) is 0 Å². The van der Waals surface area contributed by atoms with E-state index >= 15 is 0 Å². The number of hydrogen-bond acceptors (Lipinski definition) is 6. The lowest BCUT2D eigenvalue weighted by Crippen LogP contribution is -2.52. The second-order valence-electron chi connectivity index (χ2n) is 7.48. The number of amides is 2. The predicted molar refractivity (Wildman–Crippen MR) is 113 cm³/mol. The molecule has 2 aliphatic heterocycles. The van der Waals surface area contributed by atoms with Gasteiger partial charge < -0.3 is 24.8 Å². The summed E-state index contributed by atoms with van der Waals surface area (Å²) in [5.41, 5.74) is 1.13. The fourth-order valence-corrected chi connectivity index (χ4v) is 4.02. The maximum absolute atomic E-state index is 12.6. The molecule has 2 fully saturated rings. The number of hydrogen-bond donors (Lipinski definition) is 1. The SMILES string of the molecule is COc1ccccc1N1CCC(CNC(=O)N2CCN(c3ncccn3)CC2)C1. The van der Waals surface area contributed by atoms with E-state index in [1.165, 1.54) is 0 Å². The fraction of sp³-hybridized carbons (Fsp3) is 0.476. The van der Waals surface area contributed by atoms with Crippen LogP contribution in [0.3, 0.4) is 0 Å². The topological polar surface area (TPSA) is 73.8 Å². The van der Waals surface area contributed by atoms with Crippen molar-refractivity contribution in [3.63, 3.8) is 0 Å². The molecule has 1 aromatic heterocycles. The zero-order valence-corrected chi connectivity index (χ0v) is 16.8. The molecule has 1 atom stereocenters. The number of nitrogens with one attached hydrogen (secondary N) is 1. The average molecular weight is 396 g/mol. The van der Waals surface area contributed by atoms with Gasteiger partial charge in [0.2, 0.25) is 5.95 Å². The van der Waals surface area contributed by atoms with E-state index in [9.17, 15) is 4.79 Å². The Balaban J connectivity index is 1.23. The van der Waals surface area contributed by atoms with Gasteiger partial charge in [0.25, 0.3) is 0 Å². The van der Waals surface area contributed by atoms with E-state index in [1.807, 2.05) is 29.2 Å². The van der Waals surface area contributed by atoms with Crippen molar-refractivity contribution < 1.29 is 9.53 Å². The highest BCUT2D eigenvalue weighted by Gasteiger charge is 2.27. The van der Waals surface area contributed by atoms with Gasteiger partial charge in [-0.25, -0.2) is 14.8 Å². The molecule has 0 aliphatic carbocycles. The highest BCUT2D eigenvalue weighted by Crippen LogP contribution is 2.31. The molecule has 29 heavy (non-hydrogen) atoms. The van der Waals surface area contributed by atoms with Crippen LogP contribution in [-0.4, -0.2) is 73.8 Å². The Bertz CT molecular complexity index is 810. The third-order valence-corrected chi connectivity index (χ3v) is 5.66. The van der Waals surface area contributed by atoms with Gasteiger partial charge >= 0.3 is 6.03 Å². The van der Waals surface area contributed by atoms with Crippen molar-refractivity contribution in [1.29, 1.82) is 0 Å². The summed E-state index contributed by atoms with van der Waals surface area (Å²) in [7, 11) is 1.70. The maximum atomic E-state index is 12.6. The highest BCUT2D eigenvalue weighted by atomic mass is 16.5. The first-order chi connectivity index (χ1) is 14.2. The molecule has 8 nitrogen and oxygen atoms in total. The summed E-state index contributed by atoms with van der Waals surface area (Å²) in [5, 5.41) is 3.13. The van der Waals surface area contributed by atoms with E-state index in [2.05, 4.69) is 31.2 Å². The number of methoxy groups -OCH3 is 1. The normalized spacial score (nSPS) is 19.3. The molecule has 2 aromatic rings. The average Bonchev–Trinajstić information content (AvgIpc) is 3.27. The largest absolute Gasteiger partial charge is 0.495 e. The van der Waals surface area contributed by atoms with E-state index in [4.69, 9.17) is 4.74 Å². The number of urea groups is 1. The second-order valence-corrected chi connectivity index (χ2v) is 7.48. The molecule has 0 spiro atoms. The number of piperazine rings is 1. The summed E-state index contributed by atoms with van der Waals surface area (Å²) in [6.45, 7) is 5.48. The van der Waals surface area contributed by atoms with Crippen LogP contribution in [0.2, 0.25) is 0 Å². The summed E-state index contributed by atoms with van der Waals surface area (Å²) < 4.78 is 5.48. The van der Waals surface area contributed by atoms with Gasteiger partial charge in [-0.1, -0.05) is 12.1 Å². The van der Waals surface area contributed by atoms with Crippen molar-refractivity contribution in [2.75, 3.05) is 62.7 Å². The third kappa shape index (κ3) is 4.52. The molecule has 1 unspecified atom stereocenters. The molecular formula is C21H28N6O2. The first kappa shape index (κ1) is 19.3. The summed E-state index contributed by atoms with van der Waals surface area (Å²) in [4.78, 5) is 27.5. The van der Waals surface area contributed by atoms with Gasteiger partial charge in [0.15, 0.2) is 0 Å². The van der Waals surface area contributed by atoms with Crippen molar-refractivity contribution in [2.24, 2.45) is 5.92 Å². The first-order valence-electron chi connectivity index (χ1n) is 10.2. The van der Waals surface area contributed by atoms with Crippen LogP contribution in [0.5, 0.6) is 5.75 Å². The molecule has 3 heterocycles. The maximum Gasteiger partial charge on any atom is 0.317 e. The van der Waals surface area contributed by atoms with Gasteiger partial charge in [-0.15, -0.1) is 0 Å². The summed E-state index contributed by atoms with van der Waals surface area (Å²) in [5.74, 6) is 2.08. The fourth-order valence-electron chi connectivity index (χ4n) is 4.02. The van der Waals surface area contributed by atoms with Gasteiger partial charge in [0, 0.05) is 58.2 Å². The van der Waals surface area contributed by atoms with Crippen LogP contribution in [0, 0.1) is 5.92 Å². The molecule has 2 amide bonds. The van der Waals surface area contributed by atoms with Crippen LogP contribution in [0.15, 0.2) is 42.7 Å². The highest BCUT2D eigenvalue weighted by molar-refractivity contribution is 5.74. The van der Waals surface area contributed by atoms with Gasteiger partial charge in [-0.3, -0.25) is 0 Å². The lowest BCUT2D eigenvalue weighted by atomic mass is 10.1. The van der Waals surface area contributed by atoms with E-state index < -0.39 is 0 Å². The van der Waals surface area contributed by atoms with Crippen molar-refractivity contribution >= 4 is 17.7 Å². The summed E-state index contributed by atoms with van der Waals surface area (Å²) in [6.07, 6.45) is 4.56. The van der Waals surface area contributed by atoms with E-state index in [0.29, 0.717) is 25.6 Å². The van der Waals surface area contributed by atoms with Gasteiger partial charge in [0.1, 0.15) is 5.75 Å². The Labute approximate surface area is 171 Å². The predicted octanol–water partition coefficient (Wildman–Crippen LogP) is 1.84. The molecule has 2 saturated heterocycles. The number of rotatable bonds is 5. The van der Waals surface area contributed by atoms with Crippen molar-refractivity contribution in [3.05, 3.63) is 42.7 Å². The Kier molecular flexibility index (Phi) is 5.97. The minimum Gasteiger partial charge on any atom is -0.495 e. The summed E-state index contributed by atoms with van der Waals surface area (Å²) >= 11 is 0. The zero-order chi connectivity index (χ0) is 20.1. The smallest absolute Gasteiger partial charge is 0.317 e. The number of nitrogens with zero attached hydrogens (tertiary/aromatic N) is 5. The number of para-hydroxylation sites is 2. The van der Waals surface area contributed by atoms with Crippen LogP contribution in [0.1, 0.15) is 6.42 Å². The lowest BCUT2D eigenvalue weighted by molar-refractivity contribution is 0.192. The van der Waals surface area contributed by atoms with E-state index in [0.717, 1.165) is 50.0 Å². The monoisotopic (exact) mass is 396 g/mol. The molecule has 1 aromatic carbocycles. The number of benzene rings is 1. The number of ether oxygens (including phenoxy) is 1. The standard InChI is InChI=1S/C21H28N6O2/c1-29-19-6-3-2-5-18(19)27-10-7-17(16-27)15-24-21(28)26-13-11-25(12-14-26)20-22-8-4-9-23-20/h2-6,8-9,17H,7,10-16H2,1H3,(H,24,28). The van der Waals surface area contributed by atoms with Gasteiger partial charge in [0.05, 0.1) is 12.8 Å². The van der Waals surface area contributed by atoms with Crippen molar-refractivity contribution in [2.45, 2.75) is 6.42 Å². The minimum atomic E-state index is 0.0226. The third-order valence-electron chi connectivity index (χ3n) is 5.66. The Morgan fingerprint density at radius 3 is 2.59 bits per heavy atom. The van der Waals surface area contributed by atoms with E-state index in [-0.39, 0.29) is 6.03 Å². The summed E-state index contributed by atoms with van der Waals surface area (Å²) in [6, 6.07) is 9.94. The minimum absolute atomic E-state index is 0.0226. The number of aromatic nitrogens is 2. The molecule has 4 rings (SSSR count). The molecule has 0 bridgehead atoms. The number of carbonyl (C=O) groups is 1. The molecular weight excluding hydrogens is 368 g/mol. The Morgan fingerprint density at radius 1 is 1.07 bits per heavy atom. The van der Waals surface area contributed by atoms with Crippen molar-refractivity contribution in [3.8, 4) is 5.75 Å². The number of carbonyl (C=O) groups excluding carboxylic acids is 1. The molecule has 154 valence electrons. The lowest BCUT2D eigenvalue weighted by Gasteiger charge is -2.34. The van der Waals surface area contributed by atoms with Gasteiger partial charge in [-0.05, 0) is 30.5 Å².